The number of rotatable bonds is 2. The number of hydrogen-bond acceptors (Lipinski definition) is 4. The highest BCUT2D eigenvalue weighted by molar-refractivity contribution is 6.28. The molecule has 2 N–H and O–H groups in total. The van der Waals surface area contributed by atoms with Gasteiger partial charge in [-0.25, -0.2) is 4.98 Å². The van der Waals surface area contributed by atoms with E-state index in [4.69, 9.17) is 28.9 Å². The smallest absolute Gasteiger partial charge is 0.228 e. The van der Waals surface area contributed by atoms with Crippen LogP contribution in [0.2, 0.25) is 5.28 Å². The maximum absolute atomic E-state index is 11.7. The molecular formula is C9H10Cl2N4O. The molecule has 86 valence electrons. The van der Waals surface area contributed by atoms with E-state index in [0.717, 1.165) is 0 Å². The quantitative estimate of drug-likeness (QED) is 0.643. The van der Waals surface area contributed by atoms with E-state index in [1.165, 1.54) is 11.1 Å². The second-order valence-electron chi connectivity index (χ2n) is 3.65. The summed E-state index contributed by atoms with van der Waals surface area (Å²) in [6.07, 6.45) is 1.82. The molecular weight excluding hydrogens is 251 g/mol. The third-order valence-corrected chi connectivity index (χ3v) is 3.06. The molecule has 1 aliphatic heterocycles. The van der Waals surface area contributed by atoms with Gasteiger partial charge in [-0.3, -0.25) is 9.69 Å². The van der Waals surface area contributed by atoms with Crippen molar-refractivity contribution in [1.82, 2.24) is 9.97 Å². The van der Waals surface area contributed by atoms with Gasteiger partial charge in [0.25, 0.3) is 0 Å². The molecule has 16 heavy (non-hydrogen) atoms. The number of nitrogens with two attached hydrogens (primary N) is 1. The molecule has 5 nitrogen and oxygen atoms in total. The van der Waals surface area contributed by atoms with Gasteiger partial charge in [0, 0.05) is 18.8 Å². The molecule has 0 radical (unpaired) electrons. The molecule has 1 aromatic rings. The molecule has 1 fully saturated rings. The van der Waals surface area contributed by atoms with E-state index in [2.05, 4.69) is 9.97 Å². The van der Waals surface area contributed by atoms with Gasteiger partial charge in [-0.15, -0.1) is 11.6 Å². The number of carbonyl (C=O) groups is 1. The van der Waals surface area contributed by atoms with Crippen molar-refractivity contribution in [2.75, 3.05) is 23.1 Å². The minimum absolute atomic E-state index is 0.0351. The van der Waals surface area contributed by atoms with Gasteiger partial charge in [-0.1, -0.05) is 0 Å². The molecule has 0 saturated carbocycles. The Bertz CT molecular complexity index is 426. The fourth-order valence-electron chi connectivity index (χ4n) is 1.67. The lowest BCUT2D eigenvalue weighted by atomic mass is 10.1. The highest BCUT2D eigenvalue weighted by Gasteiger charge is 2.32. The number of aromatic nitrogens is 2. The lowest BCUT2D eigenvalue weighted by Crippen LogP contribution is -2.26. The maximum atomic E-state index is 11.7. The van der Waals surface area contributed by atoms with Crippen LogP contribution in [0.1, 0.15) is 6.42 Å². The normalized spacial score (nSPS) is 20.5. The highest BCUT2D eigenvalue weighted by Crippen LogP contribution is 2.28. The number of halogens is 2. The third-order valence-electron chi connectivity index (χ3n) is 2.45. The number of hydrogen-bond donors (Lipinski definition) is 1. The van der Waals surface area contributed by atoms with Crippen LogP contribution in [0.4, 0.5) is 11.5 Å². The average molecular weight is 261 g/mol. The topological polar surface area (TPSA) is 72.1 Å². The lowest BCUT2D eigenvalue weighted by molar-refractivity contribution is -0.117. The third kappa shape index (κ3) is 2.05. The Balaban J connectivity index is 2.30. The number of alkyl halides is 1. The Morgan fingerprint density at radius 3 is 3.00 bits per heavy atom. The molecule has 1 atom stereocenters. The Labute approximate surface area is 103 Å². The van der Waals surface area contributed by atoms with Crippen molar-refractivity contribution in [3.05, 3.63) is 11.5 Å². The zero-order valence-corrected chi connectivity index (χ0v) is 9.87. The Hall–Kier alpha value is -1.07. The standard InChI is InChI=1S/C9H10Cl2N4O/c10-2-5-1-7(16)15(4-5)8-6(12)3-13-9(11)14-8/h3,5H,1-2,4,12H2. The number of amides is 1. The fraction of sp³-hybridized carbons (Fsp3) is 0.444. The SMILES string of the molecule is Nc1cnc(Cl)nc1N1CC(CCl)CC1=O. The summed E-state index contributed by atoms with van der Waals surface area (Å²) in [6.45, 7) is 0.528. The van der Waals surface area contributed by atoms with Gasteiger partial charge in [-0.05, 0) is 17.5 Å². The second-order valence-corrected chi connectivity index (χ2v) is 4.29. The van der Waals surface area contributed by atoms with Crippen LogP contribution >= 0.6 is 23.2 Å². The van der Waals surface area contributed by atoms with E-state index >= 15 is 0 Å². The summed E-state index contributed by atoms with van der Waals surface area (Å²) >= 11 is 11.4. The Kier molecular flexibility index (Phi) is 3.16. The molecule has 0 bridgehead atoms. The first-order valence-electron chi connectivity index (χ1n) is 4.76. The molecule has 0 spiro atoms. The van der Waals surface area contributed by atoms with Crippen LogP contribution in [0, 0.1) is 5.92 Å². The summed E-state index contributed by atoms with van der Waals surface area (Å²) in [5.41, 5.74) is 6.05. The van der Waals surface area contributed by atoms with Crippen molar-refractivity contribution in [1.29, 1.82) is 0 Å². The van der Waals surface area contributed by atoms with E-state index in [-0.39, 0.29) is 17.1 Å². The predicted molar refractivity (Wildman–Crippen MR) is 62.6 cm³/mol. The van der Waals surface area contributed by atoms with Crippen LogP contribution in [-0.4, -0.2) is 28.3 Å². The van der Waals surface area contributed by atoms with Crippen LogP contribution in [0.25, 0.3) is 0 Å². The van der Waals surface area contributed by atoms with Crippen molar-refractivity contribution in [2.24, 2.45) is 5.92 Å². The zero-order chi connectivity index (χ0) is 11.7. The van der Waals surface area contributed by atoms with Crippen LogP contribution in [-0.2, 0) is 4.79 Å². The van der Waals surface area contributed by atoms with E-state index in [0.29, 0.717) is 30.4 Å². The van der Waals surface area contributed by atoms with Gasteiger partial charge in [-0.2, -0.15) is 4.98 Å². The first kappa shape index (κ1) is 11.4. The van der Waals surface area contributed by atoms with Gasteiger partial charge in [0.1, 0.15) is 0 Å². The number of nitrogens with zero attached hydrogens (tertiary/aromatic N) is 3. The molecule has 1 unspecified atom stereocenters. The molecule has 1 amide bonds. The molecule has 0 aliphatic carbocycles. The van der Waals surface area contributed by atoms with Gasteiger partial charge < -0.3 is 5.73 Å². The predicted octanol–water partition coefficient (Wildman–Crippen LogP) is 1.30. The van der Waals surface area contributed by atoms with Crippen molar-refractivity contribution in [3.8, 4) is 0 Å². The molecule has 2 rings (SSSR count). The van der Waals surface area contributed by atoms with Gasteiger partial charge in [0.15, 0.2) is 5.82 Å². The Morgan fingerprint density at radius 1 is 1.62 bits per heavy atom. The van der Waals surface area contributed by atoms with E-state index < -0.39 is 0 Å². The first-order valence-corrected chi connectivity index (χ1v) is 5.67. The summed E-state index contributed by atoms with van der Waals surface area (Å²) in [6, 6.07) is 0. The molecule has 1 saturated heterocycles. The van der Waals surface area contributed by atoms with E-state index in [1.807, 2.05) is 0 Å². The van der Waals surface area contributed by atoms with Crippen LogP contribution < -0.4 is 10.6 Å². The fourth-order valence-corrected chi connectivity index (χ4v) is 2.00. The van der Waals surface area contributed by atoms with E-state index in [9.17, 15) is 4.79 Å². The van der Waals surface area contributed by atoms with Crippen LogP contribution in [0.15, 0.2) is 6.20 Å². The lowest BCUT2D eigenvalue weighted by Gasteiger charge is -2.16. The summed E-state index contributed by atoms with van der Waals surface area (Å²) in [5.74, 6) is 0.924. The molecule has 7 heteroatoms. The minimum Gasteiger partial charge on any atom is -0.394 e. The average Bonchev–Trinajstić information content (AvgIpc) is 2.63. The summed E-state index contributed by atoms with van der Waals surface area (Å²) in [5, 5.41) is 0.0753. The minimum atomic E-state index is -0.0351. The van der Waals surface area contributed by atoms with Gasteiger partial charge in [0.2, 0.25) is 11.2 Å². The molecule has 2 heterocycles. The molecule has 0 aromatic carbocycles. The molecule has 1 aliphatic rings. The summed E-state index contributed by atoms with van der Waals surface area (Å²) in [4.78, 5) is 20.9. The largest absolute Gasteiger partial charge is 0.394 e. The number of nitrogen functional groups attached to an aromatic ring is 1. The van der Waals surface area contributed by atoms with Gasteiger partial charge >= 0.3 is 0 Å². The summed E-state index contributed by atoms with van der Waals surface area (Å²) in [7, 11) is 0. The maximum Gasteiger partial charge on any atom is 0.228 e. The monoisotopic (exact) mass is 260 g/mol. The Morgan fingerprint density at radius 2 is 2.38 bits per heavy atom. The number of carbonyl (C=O) groups excluding carboxylic acids is 1. The molecule has 1 aromatic heterocycles. The van der Waals surface area contributed by atoms with Crippen molar-refractivity contribution in [2.45, 2.75) is 6.42 Å². The van der Waals surface area contributed by atoms with E-state index in [1.54, 1.807) is 0 Å². The van der Waals surface area contributed by atoms with Crippen molar-refractivity contribution >= 4 is 40.6 Å². The van der Waals surface area contributed by atoms with Crippen molar-refractivity contribution in [3.63, 3.8) is 0 Å². The van der Waals surface area contributed by atoms with Crippen LogP contribution in [0.5, 0.6) is 0 Å². The zero-order valence-electron chi connectivity index (χ0n) is 8.36. The van der Waals surface area contributed by atoms with Gasteiger partial charge in [0.05, 0.1) is 11.9 Å². The summed E-state index contributed by atoms with van der Waals surface area (Å²) < 4.78 is 0. The first-order chi connectivity index (χ1) is 7.61. The highest BCUT2D eigenvalue weighted by atomic mass is 35.5. The van der Waals surface area contributed by atoms with Crippen molar-refractivity contribution < 1.29 is 4.79 Å². The number of anilines is 2. The van der Waals surface area contributed by atoms with Crippen LogP contribution in [0.3, 0.4) is 0 Å². The second kappa shape index (κ2) is 4.43.